The van der Waals surface area contributed by atoms with Gasteiger partial charge in [0.2, 0.25) is 0 Å². The Morgan fingerprint density at radius 3 is 1.27 bits per heavy atom. The first-order valence-corrected chi connectivity index (χ1v) is 21.3. The smallest absolute Gasteiger partial charge is 0.407 e. The second-order valence-corrected chi connectivity index (χ2v) is 17.7. The number of phenolic OH excluding ortho intramolecular Hbond substituents is 1. The van der Waals surface area contributed by atoms with Gasteiger partial charge in [-0.1, -0.05) is 0 Å². The summed E-state index contributed by atoms with van der Waals surface area (Å²) in [5, 5.41) is 22.5. The molecule has 0 spiro atoms. The number of phenols is 1. The van der Waals surface area contributed by atoms with E-state index in [1.54, 1.807) is 41.5 Å². The Bertz CT molecular complexity index is 2060. The summed E-state index contributed by atoms with van der Waals surface area (Å²) in [6.07, 6.45) is 1.21. The number of carbonyl (C=O) groups excluding carboxylic acids is 2. The van der Waals surface area contributed by atoms with E-state index in [2.05, 4.69) is 10.6 Å². The van der Waals surface area contributed by atoms with E-state index >= 15 is 0 Å². The minimum absolute atomic E-state index is 0. The number of benzene rings is 3. The lowest BCUT2D eigenvalue weighted by molar-refractivity contribution is 0.0513. The predicted molar refractivity (Wildman–Crippen MR) is 234 cm³/mol. The van der Waals surface area contributed by atoms with Crippen molar-refractivity contribution in [2.75, 3.05) is 59.5 Å². The van der Waals surface area contributed by atoms with Crippen LogP contribution >= 0.6 is 12.4 Å². The largest absolute Gasteiger partial charge is 0.508 e. The van der Waals surface area contributed by atoms with Crippen LogP contribution in [0.25, 0.3) is 0 Å². The maximum absolute atomic E-state index is 13.5. The monoisotopic (exact) mass is 989 g/mol. The number of aliphatic hydroxyl groups excluding tert-OH is 1. The van der Waals surface area contributed by atoms with E-state index < -0.39 is 78.3 Å². The summed E-state index contributed by atoms with van der Waals surface area (Å²) < 4.78 is 135. The quantitative estimate of drug-likeness (QED) is 0.0934. The molecule has 0 heterocycles. The number of aliphatic hydroxyl groups is 1. The predicted octanol–water partition coefficient (Wildman–Crippen LogP) is 9.99. The molecule has 3 aliphatic carbocycles. The van der Waals surface area contributed by atoms with Gasteiger partial charge in [0.25, 0.3) is 0 Å². The van der Waals surface area contributed by atoms with Crippen LogP contribution in [-0.2, 0) is 9.47 Å². The zero-order valence-corrected chi connectivity index (χ0v) is 39.0. The van der Waals surface area contributed by atoms with Crippen molar-refractivity contribution < 1.29 is 78.3 Å². The standard InChI is InChI=1S/C17H22F3NO3.C15H19F2NO3.C12H14F3NO.C2H5FO.ClH/c1-17(2,3)24-16(22)21-9-10-6-11(10)12-7-13(19)14(20)8-15(12)23-5-4-18;1-15(2,3)21-14(20)18-7-8-4-9(8)10-5-11(16)12(17)6-13(10)19;13-1-2-17-12-5-11(15)10(14)4-9(12)8-3-7(8)6-16;3-1-2-4;/h7-8,10-11H,4-6,9H2,1-3H3,(H,21,22);5-6,8-9,19H,4,7H2,1-3H3,(H,18,20);4-5,7-8H,1-3,6,16H2;4H,1-2H2;1H. The van der Waals surface area contributed by atoms with Crippen molar-refractivity contribution in [2.45, 2.75) is 89.8 Å². The summed E-state index contributed by atoms with van der Waals surface area (Å²) in [7, 11) is 0. The number of ether oxygens (including phenoxy) is 4. The van der Waals surface area contributed by atoms with Crippen molar-refractivity contribution in [3.05, 3.63) is 88.0 Å². The lowest BCUT2D eigenvalue weighted by Gasteiger charge is -2.19. The number of carbonyl (C=O) groups is 2. The van der Waals surface area contributed by atoms with Crippen LogP contribution in [0.2, 0.25) is 0 Å². The highest BCUT2D eigenvalue weighted by molar-refractivity contribution is 5.85. The molecular formula is C46H61ClF9N3O8. The Balaban J connectivity index is 0.000000333. The van der Waals surface area contributed by atoms with Crippen LogP contribution in [0.15, 0.2) is 36.4 Å². The van der Waals surface area contributed by atoms with Crippen molar-refractivity contribution in [3.63, 3.8) is 0 Å². The normalized spacial score (nSPS) is 19.8. The highest BCUT2D eigenvalue weighted by Gasteiger charge is 2.42. The number of hydrogen-bond donors (Lipinski definition) is 5. The van der Waals surface area contributed by atoms with Gasteiger partial charge in [-0.05, 0) is 121 Å². The third kappa shape index (κ3) is 19.7. The molecule has 2 amide bonds. The molecule has 6 atom stereocenters. The molecule has 3 aromatic carbocycles. The van der Waals surface area contributed by atoms with Gasteiger partial charge in [-0.15, -0.1) is 12.4 Å². The number of alkyl carbamates (subject to hydrolysis) is 2. The van der Waals surface area contributed by atoms with Gasteiger partial charge in [-0.2, -0.15) is 0 Å². The summed E-state index contributed by atoms with van der Waals surface area (Å²) >= 11 is 0. The molecule has 3 saturated carbocycles. The molecule has 3 aromatic rings. The zero-order valence-electron chi connectivity index (χ0n) is 38.1. The molecule has 11 nitrogen and oxygen atoms in total. The lowest BCUT2D eigenvalue weighted by Crippen LogP contribution is -2.33. The van der Waals surface area contributed by atoms with Crippen LogP contribution < -0.4 is 25.8 Å². The minimum atomic E-state index is -1.07. The molecule has 3 fully saturated rings. The van der Waals surface area contributed by atoms with E-state index in [1.807, 2.05) is 0 Å². The molecule has 21 heteroatoms. The van der Waals surface area contributed by atoms with Gasteiger partial charge >= 0.3 is 12.2 Å². The number of nitrogens with one attached hydrogen (secondary N) is 2. The van der Waals surface area contributed by atoms with Crippen LogP contribution in [0.1, 0.15) is 95.2 Å². The molecule has 6 N–H and O–H groups in total. The highest BCUT2D eigenvalue weighted by Crippen LogP contribution is 2.52. The second kappa shape index (κ2) is 26.7. The van der Waals surface area contributed by atoms with E-state index in [-0.39, 0.29) is 85.0 Å². The van der Waals surface area contributed by atoms with Gasteiger partial charge in [-0.3, -0.25) is 0 Å². The maximum Gasteiger partial charge on any atom is 0.407 e. The molecule has 3 aliphatic rings. The van der Waals surface area contributed by atoms with Crippen LogP contribution in [0.5, 0.6) is 17.2 Å². The first-order valence-electron chi connectivity index (χ1n) is 21.3. The van der Waals surface area contributed by atoms with Gasteiger partial charge < -0.3 is 45.5 Å². The zero-order chi connectivity index (χ0) is 49.5. The van der Waals surface area contributed by atoms with Gasteiger partial charge in [0.05, 0.1) is 6.61 Å². The third-order valence-electron chi connectivity index (χ3n) is 10.0. The molecule has 0 radical (unpaired) electrons. The Hall–Kier alpha value is -4.82. The number of hydrogen-bond acceptors (Lipinski definition) is 9. The first kappa shape index (κ1) is 58.3. The summed E-state index contributed by atoms with van der Waals surface area (Å²) in [5.41, 5.74) is 5.83. The lowest BCUT2D eigenvalue weighted by atomic mass is 10.1. The summed E-state index contributed by atoms with van der Waals surface area (Å²) in [5.74, 6) is -5.39. The van der Waals surface area contributed by atoms with Crippen LogP contribution in [0, 0.1) is 52.7 Å². The fourth-order valence-corrected chi connectivity index (χ4v) is 6.72. The number of halogens is 10. The molecule has 6 rings (SSSR count). The van der Waals surface area contributed by atoms with Crippen molar-refractivity contribution in [3.8, 4) is 17.2 Å². The molecule has 0 bridgehead atoms. The highest BCUT2D eigenvalue weighted by atomic mass is 35.5. The SMILES string of the molecule is CC(C)(C)OC(=O)NCC1CC1c1cc(F)c(F)cc1O.CC(C)(C)OC(=O)NCC1CC1c1cc(F)c(F)cc1OCCF.Cl.NCC1CC1c1cc(F)c(F)cc1OCCF.OCCF. The molecule has 0 aromatic heterocycles. The number of nitrogens with two attached hydrogens (primary N) is 1. The topological polar surface area (TPSA) is 162 Å². The van der Waals surface area contributed by atoms with Crippen LogP contribution in [0.4, 0.5) is 49.1 Å². The molecule has 378 valence electrons. The van der Waals surface area contributed by atoms with Gasteiger partial charge in [0, 0.05) is 48.0 Å². The molecule has 67 heavy (non-hydrogen) atoms. The van der Waals surface area contributed by atoms with Crippen LogP contribution in [0.3, 0.4) is 0 Å². The van der Waals surface area contributed by atoms with Crippen LogP contribution in [-0.4, -0.2) is 93.1 Å². The van der Waals surface area contributed by atoms with Gasteiger partial charge in [-0.25, -0.2) is 49.1 Å². The van der Waals surface area contributed by atoms with E-state index in [0.29, 0.717) is 49.2 Å². The molecule has 0 aliphatic heterocycles. The number of rotatable bonds is 15. The number of amides is 2. The summed E-state index contributed by atoms with van der Waals surface area (Å²) in [6.45, 7) is 9.13. The molecular weight excluding hydrogens is 929 g/mol. The Morgan fingerprint density at radius 2 is 0.925 bits per heavy atom. The van der Waals surface area contributed by atoms with E-state index in [4.69, 9.17) is 29.8 Å². The fraction of sp³-hybridized carbons (Fsp3) is 0.565. The number of alkyl halides is 3. The van der Waals surface area contributed by atoms with Crippen molar-refractivity contribution in [1.29, 1.82) is 0 Å². The molecule has 6 unspecified atom stereocenters. The fourth-order valence-electron chi connectivity index (χ4n) is 6.72. The third-order valence-corrected chi connectivity index (χ3v) is 10.0. The average molecular weight is 990 g/mol. The van der Waals surface area contributed by atoms with Gasteiger partial charge in [0.15, 0.2) is 34.9 Å². The second-order valence-electron chi connectivity index (χ2n) is 17.7. The van der Waals surface area contributed by atoms with E-state index in [9.17, 15) is 54.2 Å². The summed E-state index contributed by atoms with van der Waals surface area (Å²) in [6, 6.07) is 5.93. The average Bonchev–Trinajstić information content (AvgIpc) is 4.14. The molecule has 0 saturated heterocycles. The number of aromatic hydroxyl groups is 1. The van der Waals surface area contributed by atoms with Gasteiger partial charge in [0.1, 0.15) is 61.7 Å². The van der Waals surface area contributed by atoms with Crippen molar-refractivity contribution in [1.82, 2.24) is 10.6 Å². The van der Waals surface area contributed by atoms with E-state index in [1.165, 1.54) is 0 Å². The Labute approximate surface area is 390 Å². The summed E-state index contributed by atoms with van der Waals surface area (Å²) in [4.78, 5) is 23.1. The first-order chi connectivity index (χ1) is 31.0. The van der Waals surface area contributed by atoms with Crippen molar-refractivity contribution >= 4 is 24.6 Å². The van der Waals surface area contributed by atoms with E-state index in [0.717, 1.165) is 42.8 Å². The Kier molecular flexibility index (Phi) is 23.2. The minimum Gasteiger partial charge on any atom is -0.508 e. The maximum atomic E-state index is 13.5. The van der Waals surface area contributed by atoms with Crippen molar-refractivity contribution in [2.24, 2.45) is 23.5 Å². The Morgan fingerprint density at radius 1 is 0.597 bits per heavy atom.